The van der Waals surface area contributed by atoms with Crippen LogP contribution in [0.2, 0.25) is 0 Å². The van der Waals surface area contributed by atoms with Gasteiger partial charge in [0.25, 0.3) is 0 Å². The van der Waals surface area contributed by atoms with Crippen molar-refractivity contribution in [2.75, 3.05) is 19.7 Å². The number of nitrogens with zero attached hydrogens (tertiary/aromatic N) is 2. The highest BCUT2D eigenvalue weighted by molar-refractivity contribution is 5.31. The summed E-state index contributed by atoms with van der Waals surface area (Å²) in [5.74, 6) is 0.852. The number of benzene rings is 1. The average molecular weight is 312 g/mol. The van der Waals surface area contributed by atoms with Gasteiger partial charge in [0.15, 0.2) is 0 Å². The van der Waals surface area contributed by atoms with Crippen LogP contribution in [0, 0.1) is 6.92 Å². The second kappa shape index (κ2) is 7.11. The zero-order chi connectivity index (χ0) is 16.1. The van der Waals surface area contributed by atoms with Crippen LogP contribution in [-0.4, -0.2) is 40.3 Å². The third kappa shape index (κ3) is 4.30. The van der Waals surface area contributed by atoms with E-state index in [0.717, 1.165) is 37.2 Å². The standard InChI is InChI=1S/C19H24N2O2/c1-16-6-2-3-8-18(16)23-15-19(22)9-5-11-21(14-19)13-17-7-4-10-20-12-17/h2-4,6-8,10,12,22H,5,9,11,13-15H2,1H3. The topological polar surface area (TPSA) is 45.6 Å². The Bertz CT molecular complexity index is 632. The minimum absolute atomic E-state index is 0.335. The van der Waals surface area contributed by atoms with Crippen LogP contribution in [-0.2, 0) is 6.54 Å². The molecule has 1 aliphatic rings. The quantitative estimate of drug-likeness (QED) is 0.922. The lowest BCUT2D eigenvalue weighted by molar-refractivity contribution is -0.0622. The first-order chi connectivity index (χ1) is 11.1. The van der Waals surface area contributed by atoms with Crippen LogP contribution in [0.1, 0.15) is 24.0 Å². The molecule has 1 fully saturated rings. The first-order valence-corrected chi connectivity index (χ1v) is 8.17. The molecule has 4 heteroatoms. The van der Waals surface area contributed by atoms with Crippen molar-refractivity contribution < 1.29 is 9.84 Å². The van der Waals surface area contributed by atoms with Crippen LogP contribution in [0.3, 0.4) is 0 Å². The van der Waals surface area contributed by atoms with Gasteiger partial charge in [0, 0.05) is 25.5 Å². The van der Waals surface area contributed by atoms with Gasteiger partial charge in [-0.15, -0.1) is 0 Å². The zero-order valence-corrected chi connectivity index (χ0v) is 13.6. The summed E-state index contributed by atoms with van der Waals surface area (Å²) in [6, 6.07) is 12.0. The maximum Gasteiger partial charge on any atom is 0.122 e. The molecular weight excluding hydrogens is 288 g/mol. The summed E-state index contributed by atoms with van der Waals surface area (Å²) >= 11 is 0. The second-order valence-corrected chi connectivity index (χ2v) is 6.45. The number of ether oxygens (including phenoxy) is 1. The van der Waals surface area contributed by atoms with Crippen molar-refractivity contribution in [3.8, 4) is 5.75 Å². The highest BCUT2D eigenvalue weighted by Crippen LogP contribution is 2.25. The summed E-state index contributed by atoms with van der Waals surface area (Å²) in [6.45, 7) is 4.81. The fourth-order valence-corrected chi connectivity index (χ4v) is 3.14. The number of piperidine rings is 1. The van der Waals surface area contributed by atoms with E-state index in [1.165, 1.54) is 5.56 Å². The maximum absolute atomic E-state index is 10.9. The largest absolute Gasteiger partial charge is 0.490 e. The van der Waals surface area contributed by atoms with E-state index in [1.807, 2.05) is 43.5 Å². The molecule has 0 spiro atoms. The van der Waals surface area contributed by atoms with Gasteiger partial charge in [-0.3, -0.25) is 9.88 Å². The maximum atomic E-state index is 10.9. The van der Waals surface area contributed by atoms with Gasteiger partial charge in [-0.05, 0) is 49.6 Å². The van der Waals surface area contributed by atoms with Crippen LogP contribution in [0.4, 0.5) is 0 Å². The van der Waals surface area contributed by atoms with E-state index in [0.29, 0.717) is 13.2 Å². The number of pyridine rings is 1. The molecule has 122 valence electrons. The number of hydrogen-bond acceptors (Lipinski definition) is 4. The van der Waals surface area contributed by atoms with Gasteiger partial charge in [0.05, 0.1) is 0 Å². The van der Waals surface area contributed by atoms with Crippen molar-refractivity contribution in [1.29, 1.82) is 0 Å². The number of aliphatic hydroxyl groups is 1. The molecule has 3 rings (SSSR count). The van der Waals surface area contributed by atoms with Crippen molar-refractivity contribution in [3.05, 3.63) is 59.9 Å². The van der Waals surface area contributed by atoms with Crippen molar-refractivity contribution in [2.24, 2.45) is 0 Å². The Morgan fingerprint density at radius 1 is 1.26 bits per heavy atom. The van der Waals surface area contributed by atoms with Crippen LogP contribution in [0.5, 0.6) is 5.75 Å². The Morgan fingerprint density at radius 3 is 2.91 bits per heavy atom. The van der Waals surface area contributed by atoms with Crippen molar-refractivity contribution in [3.63, 3.8) is 0 Å². The molecule has 0 bridgehead atoms. The molecular formula is C19H24N2O2. The number of para-hydroxylation sites is 1. The molecule has 1 unspecified atom stereocenters. The van der Waals surface area contributed by atoms with Gasteiger partial charge in [-0.25, -0.2) is 0 Å². The van der Waals surface area contributed by atoms with Gasteiger partial charge in [-0.2, -0.15) is 0 Å². The monoisotopic (exact) mass is 312 g/mol. The SMILES string of the molecule is Cc1ccccc1OCC1(O)CCCN(Cc2cccnc2)C1. The fourth-order valence-electron chi connectivity index (χ4n) is 3.14. The van der Waals surface area contributed by atoms with Gasteiger partial charge in [0.2, 0.25) is 0 Å². The first-order valence-electron chi connectivity index (χ1n) is 8.17. The van der Waals surface area contributed by atoms with Crippen LogP contribution in [0.15, 0.2) is 48.8 Å². The lowest BCUT2D eigenvalue weighted by Gasteiger charge is -2.39. The van der Waals surface area contributed by atoms with E-state index in [2.05, 4.69) is 16.0 Å². The number of β-amino-alcohol motifs (C(OH)–C–C–N with tert-alkyl or cyclic N) is 1. The van der Waals surface area contributed by atoms with Crippen LogP contribution in [0.25, 0.3) is 0 Å². The molecule has 0 aliphatic carbocycles. The molecule has 1 atom stereocenters. The van der Waals surface area contributed by atoms with E-state index in [4.69, 9.17) is 4.74 Å². The molecule has 4 nitrogen and oxygen atoms in total. The molecule has 0 amide bonds. The number of aromatic nitrogens is 1. The van der Waals surface area contributed by atoms with E-state index >= 15 is 0 Å². The number of rotatable bonds is 5. The normalized spacial score (nSPS) is 22.0. The minimum atomic E-state index is -0.789. The number of hydrogen-bond donors (Lipinski definition) is 1. The molecule has 1 N–H and O–H groups in total. The molecule has 1 aromatic carbocycles. The molecule has 1 aliphatic heterocycles. The molecule has 1 aromatic heterocycles. The summed E-state index contributed by atoms with van der Waals surface area (Å²) in [5.41, 5.74) is 1.48. The Labute approximate surface area is 137 Å². The first kappa shape index (κ1) is 16.0. The second-order valence-electron chi connectivity index (χ2n) is 6.45. The summed E-state index contributed by atoms with van der Waals surface area (Å²) in [6.07, 6.45) is 5.43. The van der Waals surface area contributed by atoms with E-state index in [-0.39, 0.29) is 0 Å². The van der Waals surface area contributed by atoms with E-state index in [9.17, 15) is 5.11 Å². The Kier molecular flexibility index (Phi) is 4.94. The molecule has 0 radical (unpaired) electrons. The third-order valence-electron chi connectivity index (χ3n) is 4.35. The zero-order valence-electron chi connectivity index (χ0n) is 13.6. The molecule has 1 saturated heterocycles. The van der Waals surface area contributed by atoms with Gasteiger partial charge < -0.3 is 9.84 Å². The minimum Gasteiger partial charge on any atom is -0.490 e. The fraction of sp³-hybridized carbons (Fsp3) is 0.421. The van der Waals surface area contributed by atoms with Crippen LogP contribution < -0.4 is 4.74 Å². The van der Waals surface area contributed by atoms with Crippen molar-refractivity contribution >= 4 is 0 Å². The van der Waals surface area contributed by atoms with Gasteiger partial charge in [-0.1, -0.05) is 24.3 Å². The smallest absolute Gasteiger partial charge is 0.122 e. The molecule has 23 heavy (non-hydrogen) atoms. The average Bonchev–Trinajstić information content (AvgIpc) is 2.55. The summed E-state index contributed by atoms with van der Waals surface area (Å²) in [7, 11) is 0. The Balaban J connectivity index is 1.59. The molecule has 2 heterocycles. The highest BCUT2D eigenvalue weighted by Gasteiger charge is 2.34. The Morgan fingerprint density at radius 2 is 2.13 bits per heavy atom. The predicted molar refractivity (Wildman–Crippen MR) is 90.4 cm³/mol. The number of aryl methyl sites for hydroxylation is 1. The van der Waals surface area contributed by atoms with Crippen molar-refractivity contribution in [2.45, 2.75) is 31.9 Å². The summed E-state index contributed by atoms with van der Waals surface area (Å²) < 4.78 is 5.89. The number of likely N-dealkylation sites (tertiary alicyclic amines) is 1. The van der Waals surface area contributed by atoms with Crippen LogP contribution >= 0.6 is 0 Å². The van der Waals surface area contributed by atoms with Gasteiger partial charge >= 0.3 is 0 Å². The lowest BCUT2D eigenvalue weighted by Crippen LogP contribution is -2.51. The molecule has 0 saturated carbocycles. The summed E-state index contributed by atoms with van der Waals surface area (Å²) in [4.78, 5) is 6.44. The van der Waals surface area contributed by atoms with E-state index in [1.54, 1.807) is 6.20 Å². The van der Waals surface area contributed by atoms with Crippen molar-refractivity contribution in [1.82, 2.24) is 9.88 Å². The highest BCUT2D eigenvalue weighted by atomic mass is 16.5. The predicted octanol–water partition coefficient (Wildman–Crippen LogP) is 2.80. The lowest BCUT2D eigenvalue weighted by atomic mass is 9.93. The summed E-state index contributed by atoms with van der Waals surface area (Å²) in [5, 5.41) is 10.9. The van der Waals surface area contributed by atoms with E-state index < -0.39 is 5.60 Å². The van der Waals surface area contributed by atoms with Gasteiger partial charge in [0.1, 0.15) is 18.0 Å². The Hall–Kier alpha value is -1.91. The molecule has 2 aromatic rings. The third-order valence-corrected chi connectivity index (χ3v) is 4.35.